The van der Waals surface area contributed by atoms with E-state index in [1.165, 1.54) is 0 Å². The summed E-state index contributed by atoms with van der Waals surface area (Å²) in [4.78, 5) is 0. The van der Waals surface area contributed by atoms with Crippen molar-refractivity contribution in [1.29, 1.82) is 0 Å². The normalized spacial score (nSPS) is 16.4. The number of likely N-dealkylation sites (N-methyl/N-ethyl adjacent to an activating group) is 1. The van der Waals surface area contributed by atoms with E-state index in [0.717, 1.165) is 13.0 Å². The average molecular weight is 161 g/mol. The third-order valence-electron chi connectivity index (χ3n) is 1.81. The predicted octanol–water partition coefficient (Wildman–Crippen LogP) is 0.383. The van der Waals surface area contributed by atoms with E-state index in [-0.39, 0.29) is 12.1 Å². The highest BCUT2D eigenvalue weighted by Crippen LogP contribution is 2.07. The number of rotatable bonds is 6. The molecule has 1 atom stereocenters. The maximum atomic E-state index is 9.02. The lowest BCUT2D eigenvalue weighted by atomic mass is 10.00. The molecule has 0 heterocycles. The van der Waals surface area contributed by atoms with Gasteiger partial charge in [-0.2, -0.15) is 0 Å². The maximum absolute atomic E-state index is 9.02. The van der Waals surface area contributed by atoms with Crippen molar-refractivity contribution in [2.75, 3.05) is 26.9 Å². The lowest BCUT2D eigenvalue weighted by Crippen LogP contribution is -2.46. The molecule has 0 aliphatic rings. The fourth-order valence-electron chi connectivity index (χ4n) is 0.977. The molecule has 0 aromatic heterocycles. The highest BCUT2D eigenvalue weighted by molar-refractivity contribution is 4.81. The Morgan fingerprint density at radius 1 is 1.55 bits per heavy atom. The van der Waals surface area contributed by atoms with Crippen molar-refractivity contribution in [3.63, 3.8) is 0 Å². The first kappa shape index (κ1) is 10.9. The summed E-state index contributed by atoms with van der Waals surface area (Å²) in [6.07, 6.45) is 0.841. The highest BCUT2D eigenvalue weighted by Gasteiger charge is 2.20. The Labute approximate surface area is 68.8 Å². The first-order valence-electron chi connectivity index (χ1n) is 4.03. The van der Waals surface area contributed by atoms with Crippen molar-refractivity contribution in [3.8, 4) is 0 Å². The number of nitrogens with one attached hydrogen (secondary N) is 1. The van der Waals surface area contributed by atoms with Crippen LogP contribution in [0, 0.1) is 0 Å². The summed E-state index contributed by atoms with van der Waals surface area (Å²) in [5.74, 6) is 0. The van der Waals surface area contributed by atoms with Gasteiger partial charge in [0.05, 0.1) is 6.61 Å². The number of hydrogen-bond donors (Lipinski definition) is 2. The average Bonchev–Trinajstić information content (AvgIpc) is 2.02. The van der Waals surface area contributed by atoms with Crippen LogP contribution in [0.15, 0.2) is 0 Å². The highest BCUT2D eigenvalue weighted by atomic mass is 16.5. The van der Waals surface area contributed by atoms with Crippen molar-refractivity contribution in [1.82, 2.24) is 5.32 Å². The van der Waals surface area contributed by atoms with E-state index in [1.54, 1.807) is 7.11 Å². The molecule has 0 fully saturated rings. The van der Waals surface area contributed by atoms with E-state index in [1.807, 2.05) is 13.8 Å². The first-order valence-corrected chi connectivity index (χ1v) is 4.03. The number of ether oxygens (including phenoxy) is 1. The third kappa shape index (κ3) is 4.35. The molecular formula is C8H19NO2. The molecule has 0 aliphatic carbocycles. The smallest absolute Gasteiger partial charge is 0.0611 e. The van der Waals surface area contributed by atoms with Gasteiger partial charge in [0.25, 0.3) is 0 Å². The van der Waals surface area contributed by atoms with E-state index < -0.39 is 0 Å². The van der Waals surface area contributed by atoms with Gasteiger partial charge in [0.15, 0.2) is 0 Å². The zero-order chi connectivity index (χ0) is 8.74. The summed E-state index contributed by atoms with van der Waals surface area (Å²) in [5, 5.41) is 12.2. The second-order valence-electron chi connectivity index (χ2n) is 2.99. The SMILES string of the molecule is CCNC(C)(CO)CCOC. The molecule has 1 unspecified atom stereocenters. The molecule has 0 aromatic rings. The summed E-state index contributed by atoms with van der Waals surface area (Å²) in [7, 11) is 1.67. The van der Waals surface area contributed by atoms with E-state index in [2.05, 4.69) is 5.32 Å². The van der Waals surface area contributed by atoms with Crippen LogP contribution in [0.3, 0.4) is 0 Å². The van der Waals surface area contributed by atoms with Gasteiger partial charge in [0, 0.05) is 19.3 Å². The van der Waals surface area contributed by atoms with Crippen molar-refractivity contribution < 1.29 is 9.84 Å². The number of methoxy groups -OCH3 is 1. The predicted molar refractivity (Wildman–Crippen MR) is 45.7 cm³/mol. The number of hydrogen-bond acceptors (Lipinski definition) is 3. The topological polar surface area (TPSA) is 41.5 Å². The molecule has 0 aromatic carbocycles. The van der Waals surface area contributed by atoms with Crippen LogP contribution in [0.4, 0.5) is 0 Å². The second kappa shape index (κ2) is 5.52. The molecule has 0 bridgehead atoms. The van der Waals surface area contributed by atoms with E-state index in [4.69, 9.17) is 9.84 Å². The van der Waals surface area contributed by atoms with Crippen molar-refractivity contribution >= 4 is 0 Å². The molecule has 0 saturated heterocycles. The summed E-state index contributed by atoms with van der Waals surface area (Å²) < 4.78 is 4.93. The minimum absolute atomic E-state index is 0.157. The van der Waals surface area contributed by atoms with Crippen LogP contribution in [0.1, 0.15) is 20.3 Å². The Hall–Kier alpha value is -0.120. The van der Waals surface area contributed by atoms with Gasteiger partial charge in [-0.15, -0.1) is 0 Å². The molecule has 2 N–H and O–H groups in total. The van der Waals surface area contributed by atoms with Crippen LogP contribution in [-0.4, -0.2) is 37.5 Å². The minimum atomic E-state index is -0.176. The summed E-state index contributed by atoms with van der Waals surface area (Å²) in [6.45, 7) is 5.74. The first-order chi connectivity index (χ1) is 5.18. The Kier molecular flexibility index (Phi) is 5.46. The molecular weight excluding hydrogens is 142 g/mol. The van der Waals surface area contributed by atoms with Gasteiger partial charge < -0.3 is 15.2 Å². The van der Waals surface area contributed by atoms with Crippen molar-refractivity contribution in [2.45, 2.75) is 25.8 Å². The molecule has 3 heteroatoms. The molecule has 68 valence electrons. The van der Waals surface area contributed by atoms with Crippen LogP contribution in [-0.2, 0) is 4.74 Å². The fraction of sp³-hybridized carbons (Fsp3) is 1.00. The lowest BCUT2D eigenvalue weighted by Gasteiger charge is -2.27. The van der Waals surface area contributed by atoms with Crippen molar-refractivity contribution in [3.05, 3.63) is 0 Å². The summed E-state index contributed by atoms with van der Waals surface area (Å²) in [6, 6.07) is 0. The molecule has 0 aliphatic heterocycles. The molecule has 0 radical (unpaired) electrons. The Morgan fingerprint density at radius 2 is 2.18 bits per heavy atom. The van der Waals surface area contributed by atoms with Gasteiger partial charge in [-0.1, -0.05) is 6.92 Å². The van der Waals surface area contributed by atoms with Crippen LogP contribution >= 0.6 is 0 Å². The number of aliphatic hydroxyl groups is 1. The molecule has 0 spiro atoms. The quantitative estimate of drug-likeness (QED) is 0.592. The standard InChI is InChI=1S/C8H19NO2/c1-4-9-8(2,7-10)5-6-11-3/h9-10H,4-7H2,1-3H3. The summed E-state index contributed by atoms with van der Waals surface area (Å²) in [5.41, 5.74) is -0.176. The minimum Gasteiger partial charge on any atom is -0.394 e. The molecule has 0 amide bonds. The Bertz CT molecular complexity index is 98.1. The molecule has 0 rings (SSSR count). The zero-order valence-corrected chi connectivity index (χ0v) is 7.68. The van der Waals surface area contributed by atoms with E-state index in [9.17, 15) is 0 Å². The van der Waals surface area contributed by atoms with E-state index >= 15 is 0 Å². The maximum Gasteiger partial charge on any atom is 0.0611 e. The third-order valence-corrected chi connectivity index (χ3v) is 1.81. The summed E-state index contributed by atoms with van der Waals surface area (Å²) >= 11 is 0. The zero-order valence-electron chi connectivity index (χ0n) is 7.68. The molecule has 0 saturated carbocycles. The monoisotopic (exact) mass is 161 g/mol. The van der Waals surface area contributed by atoms with Gasteiger partial charge >= 0.3 is 0 Å². The Balaban J connectivity index is 3.68. The van der Waals surface area contributed by atoms with Crippen LogP contribution in [0.25, 0.3) is 0 Å². The van der Waals surface area contributed by atoms with E-state index in [0.29, 0.717) is 6.61 Å². The lowest BCUT2D eigenvalue weighted by molar-refractivity contribution is 0.117. The van der Waals surface area contributed by atoms with Gasteiger partial charge in [0.1, 0.15) is 0 Å². The molecule has 11 heavy (non-hydrogen) atoms. The van der Waals surface area contributed by atoms with Crippen LogP contribution in [0.2, 0.25) is 0 Å². The van der Waals surface area contributed by atoms with Crippen LogP contribution in [0.5, 0.6) is 0 Å². The fourth-order valence-corrected chi connectivity index (χ4v) is 0.977. The van der Waals surface area contributed by atoms with Gasteiger partial charge in [-0.25, -0.2) is 0 Å². The van der Waals surface area contributed by atoms with Gasteiger partial charge in [-0.3, -0.25) is 0 Å². The number of aliphatic hydroxyl groups excluding tert-OH is 1. The molecule has 3 nitrogen and oxygen atoms in total. The van der Waals surface area contributed by atoms with Gasteiger partial charge in [-0.05, 0) is 19.9 Å². The van der Waals surface area contributed by atoms with Gasteiger partial charge in [0.2, 0.25) is 0 Å². The van der Waals surface area contributed by atoms with Crippen LogP contribution < -0.4 is 5.32 Å². The largest absolute Gasteiger partial charge is 0.394 e. The second-order valence-corrected chi connectivity index (χ2v) is 2.99. The van der Waals surface area contributed by atoms with Crippen molar-refractivity contribution in [2.24, 2.45) is 0 Å². The Morgan fingerprint density at radius 3 is 2.55 bits per heavy atom.